The summed E-state index contributed by atoms with van der Waals surface area (Å²) in [5, 5.41) is 12.4. The van der Waals surface area contributed by atoms with Crippen LogP contribution in [0.5, 0.6) is 0 Å². The zero-order valence-corrected chi connectivity index (χ0v) is 17.9. The lowest BCUT2D eigenvalue weighted by Gasteiger charge is -2.23. The SMILES string of the molecule is CC(C)(C)OC(=O)C(N)CNC(=O)CN1C(=O)NC(C)(c2ccc(C(=N)N)cc2)C1=O. The van der Waals surface area contributed by atoms with Crippen LogP contribution in [0.4, 0.5) is 4.79 Å². The lowest BCUT2D eigenvalue weighted by Crippen LogP contribution is -2.48. The minimum atomic E-state index is -1.38. The molecule has 1 aromatic carbocycles. The van der Waals surface area contributed by atoms with E-state index in [2.05, 4.69) is 10.6 Å². The third-order valence-corrected chi connectivity index (χ3v) is 4.58. The summed E-state index contributed by atoms with van der Waals surface area (Å²) in [6.45, 7) is 5.86. The van der Waals surface area contributed by atoms with Crippen molar-refractivity contribution in [3.05, 3.63) is 35.4 Å². The highest BCUT2D eigenvalue weighted by Crippen LogP contribution is 2.28. The third kappa shape index (κ3) is 5.57. The third-order valence-electron chi connectivity index (χ3n) is 4.58. The first kappa shape index (κ1) is 23.8. The van der Waals surface area contributed by atoms with Crippen LogP contribution in [0, 0.1) is 5.41 Å². The fourth-order valence-corrected chi connectivity index (χ4v) is 2.90. The molecule has 0 bridgehead atoms. The number of nitrogens with one attached hydrogen (secondary N) is 3. The fourth-order valence-electron chi connectivity index (χ4n) is 2.90. The molecular weight excluding hydrogens is 404 g/mol. The maximum atomic E-state index is 12.9. The molecule has 4 amide bonds. The van der Waals surface area contributed by atoms with Crippen molar-refractivity contribution in [2.75, 3.05) is 13.1 Å². The predicted octanol–water partition coefficient (Wildman–Crippen LogP) is -0.477. The molecule has 1 aliphatic rings. The van der Waals surface area contributed by atoms with Gasteiger partial charge in [-0.3, -0.25) is 24.7 Å². The summed E-state index contributed by atoms with van der Waals surface area (Å²) in [4.78, 5) is 50.1. The second-order valence-corrected chi connectivity index (χ2v) is 8.38. The van der Waals surface area contributed by atoms with Crippen LogP contribution in [0.3, 0.4) is 0 Å². The zero-order chi connectivity index (χ0) is 23.6. The van der Waals surface area contributed by atoms with E-state index >= 15 is 0 Å². The molecular formula is C20H28N6O5. The van der Waals surface area contributed by atoms with Gasteiger partial charge in [-0.15, -0.1) is 0 Å². The van der Waals surface area contributed by atoms with Crippen LogP contribution in [-0.4, -0.2) is 59.3 Å². The number of urea groups is 1. The van der Waals surface area contributed by atoms with Gasteiger partial charge >= 0.3 is 12.0 Å². The van der Waals surface area contributed by atoms with Gasteiger partial charge in [0.2, 0.25) is 5.91 Å². The number of amidine groups is 1. The molecule has 1 aromatic rings. The van der Waals surface area contributed by atoms with E-state index in [1.54, 1.807) is 45.0 Å². The number of carbonyl (C=O) groups excluding carboxylic acids is 4. The average molecular weight is 432 g/mol. The van der Waals surface area contributed by atoms with Crippen molar-refractivity contribution in [1.82, 2.24) is 15.5 Å². The van der Waals surface area contributed by atoms with Crippen molar-refractivity contribution in [2.45, 2.75) is 44.9 Å². The lowest BCUT2D eigenvalue weighted by molar-refractivity contribution is -0.156. The predicted molar refractivity (Wildman–Crippen MR) is 112 cm³/mol. The summed E-state index contributed by atoms with van der Waals surface area (Å²) in [5.41, 5.74) is 10.0. The first-order valence-electron chi connectivity index (χ1n) is 9.59. The van der Waals surface area contributed by atoms with Crippen molar-refractivity contribution >= 4 is 29.7 Å². The second kappa shape index (κ2) is 8.72. The molecule has 11 nitrogen and oxygen atoms in total. The minimum Gasteiger partial charge on any atom is -0.459 e. The maximum absolute atomic E-state index is 12.9. The van der Waals surface area contributed by atoms with Crippen molar-refractivity contribution in [2.24, 2.45) is 11.5 Å². The molecule has 0 aliphatic carbocycles. The Morgan fingerprint density at radius 3 is 2.35 bits per heavy atom. The molecule has 0 radical (unpaired) electrons. The number of amides is 4. The van der Waals surface area contributed by atoms with Crippen LogP contribution in [0.2, 0.25) is 0 Å². The molecule has 168 valence electrons. The van der Waals surface area contributed by atoms with Crippen LogP contribution in [-0.2, 0) is 24.7 Å². The number of rotatable bonds is 7. The summed E-state index contributed by atoms with van der Waals surface area (Å²) < 4.78 is 5.13. The van der Waals surface area contributed by atoms with Gasteiger partial charge in [-0.1, -0.05) is 24.3 Å². The van der Waals surface area contributed by atoms with Gasteiger partial charge in [0.1, 0.15) is 29.6 Å². The van der Waals surface area contributed by atoms with E-state index in [0.29, 0.717) is 11.1 Å². The van der Waals surface area contributed by atoms with E-state index in [0.717, 1.165) is 4.90 Å². The number of nitrogen functional groups attached to an aromatic ring is 1. The van der Waals surface area contributed by atoms with Gasteiger partial charge in [0, 0.05) is 12.1 Å². The van der Waals surface area contributed by atoms with E-state index in [1.165, 1.54) is 6.92 Å². The van der Waals surface area contributed by atoms with Crippen LogP contribution in [0.25, 0.3) is 0 Å². The normalized spacial score (nSPS) is 19.6. The molecule has 1 saturated heterocycles. The number of nitrogens with zero attached hydrogens (tertiary/aromatic N) is 1. The van der Waals surface area contributed by atoms with Crippen LogP contribution >= 0.6 is 0 Å². The molecule has 31 heavy (non-hydrogen) atoms. The smallest absolute Gasteiger partial charge is 0.325 e. The number of ether oxygens (including phenoxy) is 1. The Morgan fingerprint density at radius 1 is 1.26 bits per heavy atom. The Kier molecular flexibility index (Phi) is 6.70. The van der Waals surface area contributed by atoms with Crippen molar-refractivity contribution in [1.29, 1.82) is 5.41 Å². The number of hydrogen-bond donors (Lipinski definition) is 5. The Morgan fingerprint density at radius 2 is 1.84 bits per heavy atom. The first-order chi connectivity index (χ1) is 14.2. The van der Waals surface area contributed by atoms with E-state index in [-0.39, 0.29) is 12.4 Å². The van der Waals surface area contributed by atoms with Gasteiger partial charge in [0.05, 0.1) is 0 Å². The molecule has 0 aromatic heterocycles. The van der Waals surface area contributed by atoms with Gasteiger partial charge < -0.3 is 26.8 Å². The summed E-state index contributed by atoms with van der Waals surface area (Å²) in [5.74, 6) is -2.07. The monoisotopic (exact) mass is 432 g/mol. The van der Waals surface area contributed by atoms with Crippen molar-refractivity contribution < 1.29 is 23.9 Å². The van der Waals surface area contributed by atoms with Crippen molar-refractivity contribution in [3.8, 4) is 0 Å². The van der Waals surface area contributed by atoms with Crippen LogP contribution in [0.15, 0.2) is 24.3 Å². The molecule has 1 fully saturated rings. The Bertz CT molecular complexity index is 908. The summed E-state index contributed by atoms with van der Waals surface area (Å²) in [6, 6.07) is 4.48. The molecule has 0 saturated carbocycles. The number of carbonyl (C=O) groups is 4. The number of benzene rings is 1. The highest BCUT2D eigenvalue weighted by Gasteiger charge is 2.49. The molecule has 2 atom stereocenters. The first-order valence-corrected chi connectivity index (χ1v) is 9.59. The molecule has 2 rings (SSSR count). The molecule has 1 aliphatic heterocycles. The molecule has 1 heterocycles. The van der Waals surface area contributed by atoms with Crippen molar-refractivity contribution in [3.63, 3.8) is 0 Å². The van der Waals surface area contributed by atoms with Gasteiger partial charge in [0.25, 0.3) is 5.91 Å². The van der Waals surface area contributed by atoms with Gasteiger partial charge in [-0.2, -0.15) is 0 Å². The topological polar surface area (TPSA) is 181 Å². The quantitative estimate of drug-likeness (QED) is 0.167. The molecule has 2 unspecified atom stereocenters. The fraction of sp³-hybridized carbons (Fsp3) is 0.450. The Labute approximate surface area is 180 Å². The highest BCUT2D eigenvalue weighted by molar-refractivity contribution is 6.09. The minimum absolute atomic E-state index is 0.124. The van der Waals surface area contributed by atoms with Gasteiger partial charge in [0.15, 0.2) is 0 Å². The average Bonchev–Trinajstić information content (AvgIpc) is 2.88. The second-order valence-electron chi connectivity index (χ2n) is 8.38. The largest absolute Gasteiger partial charge is 0.459 e. The Balaban J connectivity index is 2.00. The summed E-state index contributed by atoms with van der Waals surface area (Å²) in [6.07, 6.45) is 0. The number of imide groups is 1. The number of nitrogens with two attached hydrogens (primary N) is 2. The summed E-state index contributed by atoms with van der Waals surface area (Å²) >= 11 is 0. The highest BCUT2D eigenvalue weighted by atomic mass is 16.6. The maximum Gasteiger partial charge on any atom is 0.325 e. The standard InChI is InChI=1S/C20H28N6O5/c1-19(2,3)31-16(28)13(21)9-24-14(27)10-26-17(29)20(4,25-18(26)30)12-7-5-11(6-8-12)15(22)23/h5-8,13H,9-10,21H2,1-4H3,(H3,22,23)(H,24,27)(H,25,30). The Hall–Kier alpha value is -3.47. The lowest BCUT2D eigenvalue weighted by atomic mass is 9.91. The van der Waals surface area contributed by atoms with E-state index in [4.69, 9.17) is 21.6 Å². The van der Waals surface area contributed by atoms with E-state index in [1.807, 2.05) is 0 Å². The number of esters is 1. The van der Waals surface area contributed by atoms with E-state index < -0.39 is 47.5 Å². The molecule has 0 spiro atoms. The van der Waals surface area contributed by atoms with Gasteiger partial charge in [-0.25, -0.2) is 4.79 Å². The molecule has 7 N–H and O–H groups in total. The van der Waals surface area contributed by atoms with Crippen LogP contribution in [0.1, 0.15) is 38.8 Å². The zero-order valence-electron chi connectivity index (χ0n) is 17.9. The van der Waals surface area contributed by atoms with E-state index in [9.17, 15) is 19.2 Å². The number of hydrogen-bond acceptors (Lipinski definition) is 7. The van der Waals surface area contributed by atoms with Crippen LogP contribution < -0.4 is 22.1 Å². The summed E-state index contributed by atoms with van der Waals surface area (Å²) in [7, 11) is 0. The molecule has 11 heteroatoms. The van der Waals surface area contributed by atoms with Gasteiger partial charge in [-0.05, 0) is 33.3 Å².